The Morgan fingerprint density at radius 2 is 2.36 bits per heavy atom. The maximum absolute atomic E-state index is 12.3. The molecule has 8 nitrogen and oxygen atoms in total. The minimum absolute atomic E-state index is 0.0659. The molecule has 3 rings (SSSR count). The van der Waals surface area contributed by atoms with Gasteiger partial charge in [-0.15, -0.1) is 11.3 Å². The second kappa shape index (κ2) is 6.41. The van der Waals surface area contributed by atoms with Crippen LogP contribution in [0.4, 0.5) is 0 Å². The average molecular weight is 323 g/mol. The zero-order chi connectivity index (χ0) is 15.5. The Kier molecular flexibility index (Phi) is 4.34. The van der Waals surface area contributed by atoms with E-state index in [9.17, 15) is 9.59 Å². The summed E-state index contributed by atoms with van der Waals surface area (Å²) < 4.78 is 7.84. The number of ether oxygens (including phenoxy) is 1. The maximum atomic E-state index is 12.3. The van der Waals surface area contributed by atoms with E-state index < -0.39 is 5.69 Å². The number of tetrazole rings is 1. The van der Waals surface area contributed by atoms with Crippen molar-refractivity contribution < 1.29 is 9.53 Å². The van der Waals surface area contributed by atoms with Crippen LogP contribution in [0, 0.1) is 0 Å². The van der Waals surface area contributed by atoms with Crippen LogP contribution in [0.3, 0.4) is 0 Å². The summed E-state index contributed by atoms with van der Waals surface area (Å²) in [5.41, 5.74) is -0.406. The number of rotatable bonds is 4. The standard InChI is InChI=1S/C13H17N5O3S/c1-2-10-8-16(5-6-21-10)11(19)9-17-13(20)18(15-14-17)12-4-3-7-22-12/h3-4,7,10H,2,5-6,8-9H2,1H3/t10-/m0/s1. The van der Waals surface area contributed by atoms with Gasteiger partial charge in [-0.3, -0.25) is 4.79 Å². The lowest BCUT2D eigenvalue weighted by molar-refractivity contribution is -0.139. The third kappa shape index (κ3) is 2.95. The van der Waals surface area contributed by atoms with E-state index in [4.69, 9.17) is 4.74 Å². The van der Waals surface area contributed by atoms with Gasteiger partial charge in [-0.2, -0.15) is 9.36 Å². The molecule has 9 heteroatoms. The van der Waals surface area contributed by atoms with Gasteiger partial charge in [-0.25, -0.2) is 4.79 Å². The first-order valence-corrected chi connectivity index (χ1v) is 8.03. The lowest BCUT2D eigenvalue weighted by atomic mass is 10.2. The van der Waals surface area contributed by atoms with Crippen LogP contribution in [0.2, 0.25) is 0 Å². The molecule has 2 aromatic heterocycles. The van der Waals surface area contributed by atoms with Crippen molar-refractivity contribution in [2.75, 3.05) is 19.7 Å². The Morgan fingerprint density at radius 1 is 1.50 bits per heavy atom. The van der Waals surface area contributed by atoms with E-state index >= 15 is 0 Å². The SMILES string of the molecule is CC[C@H]1CN(C(=O)Cn2nnn(-c3cccs3)c2=O)CCO1. The highest BCUT2D eigenvalue weighted by Crippen LogP contribution is 2.11. The first-order chi connectivity index (χ1) is 10.7. The van der Waals surface area contributed by atoms with Crippen LogP contribution in [0.25, 0.3) is 5.00 Å². The van der Waals surface area contributed by atoms with Crippen molar-refractivity contribution in [2.24, 2.45) is 0 Å². The van der Waals surface area contributed by atoms with Gasteiger partial charge in [-0.05, 0) is 34.4 Å². The molecule has 22 heavy (non-hydrogen) atoms. The van der Waals surface area contributed by atoms with Gasteiger partial charge in [0.05, 0.1) is 12.7 Å². The number of carbonyl (C=O) groups excluding carboxylic acids is 1. The summed E-state index contributed by atoms with van der Waals surface area (Å²) in [6.07, 6.45) is 0.925. The van der Waals surface area contributed by atoms with Crippen LogP contribution >= 0.6 is 11.3 Å². The molecule has 0 unspecified atom stereocenters. The van der Waals surface area contributed by atoms with Crippen LogP contribution in [-0.2, 0) is 16.1 Å². The lowest BCUT2D eigenvalue weighted by Crippen LogP contribution is -2.47. The number of carbonyl (C=O) groups is 1. The van der Waals surface area contributed by atoms with Crippen molar-refractivity contribution in [1.82, 2.24) is 24.7 Å². The highest BCUT2D eigenvalue weighted by molar-refractivity contribution is 7.12. The van der Waals surface area contributed by atoms with Crippen LogP contribution in [0.5, 0.6) is 0 Å². The summed E-state index contributed by atoms with van der Waals surface area (Å²) in [5, 5.41) is 10.1. The van der Waals surface area contributed by atoms with Crippen LogP contribution in [-0.4, -0.2) is 56.4 Å². The fraction of sp³-hybridized carbons (Fsp3) is 0.538. The number of nitrogens with zero attached hydrogens (tertiary/aromatic N) is 5. The quantitative estimate of drug-likeness (QED) is 0.799. The van der Waals surface area contributed by atoms with Gasteiger partial charge >= 0.3 is 5.69 Å². The van der Waals surface area contributed by atoms with E-state index in [0.29, 0.717) is 24.7 Å². The predicted octanol–water partition coefficient (Wildman–Crippen LogP) is 0.128. The zero-order valence-electron chi connectivity index (χ0n) is 12.2. The highest BCUT2D eigenvalue weighted by Gasteiger charge is 2.24. The first-order valence-electron chi connectivity index (χ1n) is 7.15. The van der Waals surface area contributed by atoms with Crippen molar-refractivity contribution in [3.8, 4) is 5.00 Å². The summed E-state index contributed by atoms with van der Waals surface area (Å²) in [7, 11) is 0. The summed E-state index contributed by atoms with van der Waals surface area (Å²) >= 11 is 1.39. The topological polar surface area (TPSA) is 82.3 Å². The Hall–Kier alpha value is -2.00. The third-order valence-electron chi connectivity index (χ3n) is 3.59. The molecule has 0 saturated carbocycles. The largest absolute Gasteiger partial charge is 0.375 e. The minimum Gasteiger partial charge on any atom is -0.375 e. The smallest absolute Gasteiger partial charge is 0.369 e. The summed E-state index contributed by atoms with van der Waals surface area (Å²) in [4.78, 5) is 26.2. The van der Waals surface area contributed by atoms with E-state index in [0.717, 1.165) is 11.1 Å². The summed E-state index contributed by atoms with van der Waals surface area (Å²) in [6, 6.07) is 3.61. The van der Waals surface area contributed by atoms with Crippen molar-refractivity contribution in [2.45, 2.75) is 26.0 Å². The molecule has 0 bridgehead atoms. The molecule has 1 fully saturated rings. The highest BCUT2D eigenvalue weighted by atomic mass is 32.1. The minimum atomic E-state index is -0.406. The number of morpholine rings is 1. The van der Waals surface area contributed by atoms with Gasteiger partial charge in [0, 0.05) is 13.1 Å². The van der Waals surface area contributed by atoms with Gasteiger partial charge in [0.2, 0.25) is 5.91 Å². The molecular formula is C13H17N5O3S. The Balaban J connectivity index is 1.71. The van der Waals surface area contributed by atoms with Crippen molar-refractivity contribution >= 4 is 17.2 Å². The van der Waals surface area contributed by atoms with Crippen molar-refractivity contribution in [1.29, 1.82) is 0 Å². The molecule has 1 aliphatic heterocycles. The van der Waals surface area contributed by atoms with E-state index in [-0.39, 0.29) is 18.6 Å². The second-order valence-corrected chi connectivity index (χ2v) is 5.95. The molecular weight excluding hydrogens is 306 g/mol. The Bertz CT molecular complexity index is 693. The van der Waals surface area contributed by atoms with E-state index in [1.807, 2.05) is 18.4 Å². The number of thiophene rings is 1. The molecule has 1 atom stereocenters. The maximum Gasteiger partial charge on any atom is 0.369 e. The third-order valence-corrected chi connectivity index (χ3v) is 4.43. The molecule has 2 aromatic rings. The normalized spacial score (nSPS) is 18.6. The molecule has 0 aromatic carbocycles. The monoisotopic (exact) mass is 323 g/mol. The molecule has 0 radical (unpaired) electrons. The molecule has 1 aliphatic rings. The van der Waals surface area contributed by atoms with Crippen molar-refractivity contribution in [3.05, 3.63) is 28.0 Å². The Morgan fingerprint density at radius 3 is 3.09 bits per heavy atom. The summed E-state index contributed by atoms with van der Waals surface area (Å²) in [5.74, 6) is -0.137. The zero-order valence-corrected chi connectivity index (χ0v) is 13.0. The molecule has 0 aliphatic carbocycles. The first kappa shape index (κ1) is 14.9. The molecule has 0 N–H and O–H groups in total. The number of amides is 1. The van der Waals surface area contributed by atoms with Crippen LogP contribution < -0.4 is 5.69 Å². The van der Waals surface area contributed by atoms with Crippen LogP contribution in [0.1, 0.15) is 13.3 Å². The number of hydrogen-bond acceptors (Lipinski definition) is 6. The van der Waals surface area contributed by atoms with E-state index in [2.05, 4.69) is 10.4 Å². The van der Waals surface area contributed by atoms with E-state index in [1.54, 1.807) is 11.0 Å². The van der Waals surface area contributed by atoms with Gasteiger partial charge < -0.3 is 9.64 Å². The average Bonchev–Trinajstić information content (AvgIpc) is 3.18. The molecule has 118 valence electrons. The van der Waals surface area contributed by atoms with Crippen LogP contribution in [0.15, 0.2) is 22.3 Å². The number of aromatic nitrogens is 4. The van der Waals surface area contributed by atoms with Crippen molar-refractivity contribution in [3.63, 3.8) is 0 Å². The van der Waals surface area contributed by atoms with Gasteiger partial charge in [-0.1, -0.05) is 6.92 Å². The lowest BCUT2D eigenvalue weighted by Gasteiger charge is -2.32. The van der Waals surface area contributed by atoms with Gasteiger partial charge in [0.15, 0.2) is 0 Å². The summed E-state index contributed by atoms with van der Waals surface area (Å²) in [6.45, 7) is 3.56. The van der Waals surface area contributed by atoms with E-state index in [1.165, 1.54) is 16.0 Å². The molecule has 1 amide bonds. The van der Waals surface area contributed by atoms with Gasteiger partial charge in [0.25, 0.3) is 0 Å². The molecule has 0 spiro atoms. The molecule has 3 heterocycles. The predicted molar refractivity (Wildman–Crippen MR) is 80.1 cm³/mol. The fourth-order valence-corrected chi connectivity index (χ4v) is 2.99. The fourth-order valence-electron chi connectivity index (χ4n) is 2.32. The Labute approximate surface area is 130 Å². The molecule has 1 saturated heterocycles. The van der Waals surface area contributed by atoms with Gasteiger partial charge in [0.1, 0.15) is 11.5 Å². The number of hydrogen-bond donors (Lipinski definition) is 0. The second-order valence-electron chi connectivity index (χ2n) is 5.02.